The van der Waals surface area contributed by atoms with E-state index in [1.165, 1.54) is 12.3 Å². The number of carbonyl (C=O) groups excluding carboxylic acids is 2. The van der Waals surface area contributed by atoms with E-state index in [0.29, 0.717) is 18.5 Å². The fourth-order valence-electron chi connectivity index (χ4n) is 2.35. The number of rotatable bonds is 8. The molecule has 0 fully saturated rings. The number of hydrogen-bond donors (Lipinski definition) is 2. The number of amides is 2. The van der Waals surface area contributed by atoms with E-state index in [0.717, 1.165) is 17.7 Å². The van der Waals surface area contributed by atoms with Crippen molar-refractivity contribution in [2.45, 2.75) is 32.7 Å². The van der Waals surface area contributed by atoms with Gasteiger partial charge in [0.25, 0.3) is 11.8 Å². The van der Waals surface area contributed by atoms with E-state index in [1.54, 1.807) is 13.2 Å². The van der Waals surface area contributed by atoms with Crippen LogP contribution in [0.15, 0.2) is 42.6 Å². The Kier molecular flexibility index (Phi) is 7.14. The minimum atomic E-state index is -0.273. The van der Waals surface area contributed by atoms with Crippen molar-refractivity contribution < 1.29 is 14.3 Å². The molecule has 2 rings (SSSR count). The molecule has 1 aromatic heterocycles. The molecule has 0 saturated heterocycles. The van der Waals surface area contributed by atoms with Crippen molar-refractivity contribution in [3.8, 4) is 5.75 Å². The molecule has 0 bridgehead atoms. The van der Waals surface area contributed by atoms with Gasteiger partial charge < -0.3 is 15.4 Å². The Morgan fingerprint density at radius 1 is 1.19 bits per heavy atom. The third kappa shape index (κ3) is 5.58. The van der Waals surface area contributed by atoms with E-state index < -0.39 is 0 Å². The zero-order valence-electron chi connectivity index (χ0n) is 15.4. The highest BCUT2D eigenvalue weighted by molar-refractivity contribution is 5.98. The number of ether oxygens (including phenoxy) is 1. The number of nitrogens with zero attached hydrogens (tertiary/aromatic N) is 1. The van der Waals surface area contributed by atoms with Crippen molar-refractivity contribution in [1.82, 2.24) is 15.6 Å². The summed E-state index contributed by atoms with van der Waals surface area (Å²) in [6, 6.07) is 10.9. The lowest BCUT2D eigenvalue weighted by atomic mass is 10.1. The third-order valence-corrected chi connectivity index (χ3v) is 4.08. The van der Waals surface area contributed by atoms with E-state index in [9.17, 15) is 9.59 Å². The van der Waals surface area contributed by atoms with Crippen LogP contribution in [-0.4, -0.2) is 36.5 Å². The first-order valence-corrected chi connectivity index (χ1v) is 8.71. The van der Waals surface area contributed by atoms with Crippen LogP contribution in [0, 0.1) is 0 Å². The lowest BCUT2D eigenvalue weighted by molar-refractivity contribution is 0.0934. The summed E-state index contributed by atoms with van der Waals surface area (Å²) < 4.78 is 5.19. The maximum atomic E-state index is 12.3. The first-order chi connectivity index (χ1) is 12.5. The fraction of sp³-hybridized carbons (Fsp3) is 0.350. The molecule has 1 unspecified atom stereocenters. The van der Waals surface area contributed by atoms with Gasteiger partial charge in [-0.05, 0) is 49.6 Å². The molecule has 0 saturated carbocycles. The summed E-state index contributed by atoms with van der Waals surface area (Å²) in [5.74, 6) is 0.290. The molecule has 2 amide bonds. The van der Waals surface area contributed by atoms with Gasteiger partial charge >= 0.3 is 0 Å². The summed E-state index contributed by atoms with van der Waals surface area (Å²) in [5.41, 5.74) is 1.73. The van der Waals surface area contributed by atoms with E-state index in [2.05, 4.69) is 15.6 Å². The highest BCUT2D eigenvalue weighted by Crippen LogP contribution is 2.12. The van der Waals surface area contributed by atoms with Crippen molar-refractivity contribution in [1.29, 1.82) is 0 Å². The minimum Gasteiger partial charge on any atom is -0.497 e. The SMILES string of the molecule is CCC(C)NC(=O)c1cc(C(=O)NCCc2cccc(OC)c2)ccn1. The Bertz CT molecular complexity index is 761. The van der Waals surface area contributed by atoms with Crippen LogP contribution in [0.4, 0.5) is 0 Å². The largest absolute Gasteiger partial charge is 0.497 e. The van der Waals surface area contributed by atoms with Gasteiger partial charge in [0.15, 0.2) is 0 Å². The zero-order valence-corrected chi connectivity index (χ0v) is 15.4. The standard InChI is InChI=1S/C20H25N3O3/c1-4-14(2)23-20(25)18-13-16(9-11-21-18)19(24)22-10-8-15-6-5-7-17(12-15)26-3/h5-7,9,11-14H,4,8,10H2,1-3H3,(H,22,24)(H,23,25). The maximum Gasteiger partial charge on any atom is 0.270 e. The Morgan fingerprint density at radius 2 is 2.00 bits per heavy atom. The Balaban J connectivity index is 1.92. The van der Waals surface area contributed by atoms with Gasteiger partial charge in [-0.2, -0.15) is 0 Å². The van der Waals surface area contributed by atoms with E-state index in [-0.39, 0.29) is 23.6 Å². The molecule has 2 N–H and O–H groups in total. The summed E-state index contributed by atoms with van der Waals surface area (Å²) in [6.07, 6.45) is 2.99. The summed E-state index contributed by atoms with van der Waals surface area (Å²) in [5, 5.41) is 5.71. The monoisotopic (exact) mass is 355 g/mol. The number of nitrogens with one attached hydrogen (secondary N) is 2. The molecule has 1 aromatic carbocycles. The second-order valence-corrected chi connectivity index (χ2v) is 6.07. The highest BCUT2D eigenvalue weighted by atomic mass is 16.5. The van der Waals surface area contributed by atoms with Crippen LogP contribution in [0.1, 0.15) is 46.7 Å². The molecule has 0 aliphatic rings. The number of carbonyl (C=O) groups is 2. The van der Waals surface area contributed by atoms with Gasteiger partial charge in [0, 0.05) is 24.3 Å². The Hall–Kier alpha value is -2.89. The molecular formula is C20H25N3O3. The van der Waals surface area contributed by atoms with Gasteiger partial charge in [-0.1, -0.05) is 19.1 Å². The average molecular weight is 355 g/mol. The van der Waals surface area contributed by atoms with Crippen LogP contribution in [0.5, 0.6) is 5.75 Å². The van der Waals surface area contributed by atoms with Crippen molar-refractivity contribution >= 4 is 11.8 Å². The van der Waals surface area contributed by atoms with Gasteiger partial charge in [0.2, 0.25) is 0 Å². The smallest absolute Gasteiger partial charge is 0.270 e. The molecule has 0 aliphatic carbocycles. The molecule has 0 radical (unpaired) electrons. The van der Waals surface area contributed by atoms with Gasteiger partial charge in [0.1, 0.15) is 11.4 Å². The molecule has 1 atom stereocenters. The predicted octanol–water partition coefficient (Wildman–Crippen LogP) is 2.59. The number of pyridine rings is 1. The quantitative estimate of drug-likeness (QED) is 0.763. The summed E-state index contributed by atoms with van der Waals surface area (Å²) in [4.78, 5) is 28.5. The number of benzene rings is 1. The molecule has 6 nitrogen and oxygen atoms in total. The van der Waals surface area contributed by atoms with E-state index in [1.807, 2.05) is 38.1 Å². The van der Waals surface area contributed by atoms with Crippen LogP contribution >= 0.6 is 0 Å². The van der Waals surface area contributed by atoms with Crippen molar-refractivity contribution in [3.63, 3.8) is 0 Å². The van der Waals surface area contributed by atoms with E-state index in [4.69, 9.17) is 4.74 Å². The highest BCUT2D eigenvalue weighted by Gasteiger charge is 2.13. The van der Waals surface area contributed by atoms with Gasteiger partial charge in [0.05, 0.1) is 7.11 Å². The zero-order chi connectivity index (χ0) is 18.9. The van der Waals surface area contributed by atoms with Crippen molar-refractivity contribution in [3.05, 3.63) is 59.4 Å². The van der Waals surface area contributed by atoms with Crippen LogP contribution in [-0.2, 0) is 6.42 Å². The topological polar surface area (TPSA) is 80.3 Å². The molecular weight excluding hydrogens is 330 g/mol. The third-order valence-electron chi connectivity index (χ3n) is 4.08. The number of methoxy groups -OCH3 is 1. The summed E-state index contributed by atoms with van der Waals surface area (Å²) in [7, 11) is 1.62. The summed E-state index contributed by atoms with van der Waals surface area (Å²) in [6.45, 7) is 4.40. The van der Waals surface area contributed by atoms with Crippen LogP contribution in [0.25, 0.3) is 0 Å². The van der Waals surface area contributed by atoms with E-state index >= 15 is 0 Å². The minimum absolute atomic E-state index is 0.0599. The molecule has 138 valence electrons. The molecule has 6 heteroatoms. The molecule has 0 spiro atoms. The van der Waals surface area contributed by atoms with Crippen LogP contribution in [0.3, 0.4) is 0 Å². The summed E-state index contributed by atoms with van der Waals surface area (Å²) >= 11 is 0. The van der Waals surface area contributed by atoms with Crippen LogP contribution < -0.4 is 15.4 Å². The lowest BCUT2D eigenvalue weighted by Crippen LogP contribution is -2.33. The second kappa shape index (κ2) is 9.56. The van der Waals surface area contributed by atoms with Gasteiger partial charge in [-0.3, -0.25) is 14.6 Å². The number of aromatic nitrogens is 1. The molecule has 1 heterocycles. The predicted molar refractivity (Wildman–Crippen MR) is 100 cm³/mol. The lowest BCUT2D eigenvalue weighted by Gasteiger charge is -2.11. The molecule has 26 heavy (non-hydrogen) atoms. The van der Waals surface area contributed by atoms with Crippen molar-refractivity contribution in [2.24, 2.45) is 0 Å². The normalized spacial score (nSPS) is 11.5. The first kappa shape index (κ1) is 19.4. The maximum absolute atomic E-state index is 12.3. The average Bonchev–Trinajstić information content (AvgIpc) is 2.68. The Morgan fingerprint density at radius 3 is 2.73 bits per heavy atom. The van der Waals surface area contributed by atoms with Crippen molar-refractivity contribution in [2.75, 3.05) is 13.7 Å². The Labute approximate surface area is 154 Å². The first-order valence-electron chi connectivity index (χ1n) is 8.71. The van der Waals surface area contributed by atoms with Gasteiger partial charge in [-0.15, -0.1) is 0 Å². The number of hydrogen-bond acceptors (Lipinski definition) is 4. The van der Waals surface area contributed by atoms with Crippen LogP contribution in [0.2, 0.25) is 0 Å². The molecule has 2 aromatic rings. The fourth-order valence-corrected chi connectivity index (χ4v) is 2.35. The second-order valence-electron chi connectivity index (χ2n) is 6.07. The van der Waals surface area contributed by atoms with Gasteiger partial charge in [-0.25, -0.2) is 0 Å². The molecule has 0 aliphatic heterocycles.